The Hall–Kier alpha value is -5.10. The van der Waals surface area contributed by atoms with Gasteiger partial charge in [0, 0.05) is 68.9 Å². The Bertz CT molecular complexity index is 1670. The topological polar surface area (TPSA) is 61.6 Å². The van der Waals surface area contributed by atoms with E-state index >= 15 is 0 Å². The molecule has 0 aliphatic heterocycles. The predicted octanol–water partition coefficient (Wildman–Crippen LogP) is 7.36. The zero-order valence-corrected chi connectivity index (χ0v) is 24.5. The largest absolute Gasteiger partial charge is 0.478 e. The molecule has 1 N–H and O–H groups in total. The molecule has 212 valence electrons. The van der Waals surface area contributed by atoms with Crippen molar-refractivity contribution in [1.29, 1.82) is 0 Å². The molecule has 0 amide bonds. The average Bonchev–Trinajstić information content (AvgIpc) is 3.39. The summed E-state index contributed by atoms with van der Waals surface area (Å²) in [5.41, 5.74) is 9.46. The lowest BCUT2D eigenvalue weighted by Gasteiger charge is -2.16. The summed E-state index contributed by atoms with van der Waals surface area (Å²) in [5.74, 6) is -0.0940. The van der Waals surface area contributed by atoms with Gasteiger partial charge in [-0.2, -0.15) is 0 Å². The van der Waals surface area contributed by atoms with Crippen LogP contribution in [0.2, 0.25) is 0 Å². The first kappa shape index (κ1) is 28.4. The molecule has 0 unspecified atom stereocenters. The maximum Gasteiger partial charge on any atom is 0.328 e. The monoisotopic (exact) mass is 556 g/mol. The van der Waals surface area contributed by atoms with E-state index in [1.165, 1.54) is 5.56 Å². The van der Waals surface area contributed by atoms with Crippen molar-refractivity contribution < 1.29 is 9.90 Å². The molecule has 5 aromatic rings. The minimum atomic E-state index is -0.967. The fraction of sp³-hybridized carbons (Fsp3) is 0.167. The number of hydrogen-bond donors (Lipinski definition) is 1. The van der Waals surface area contributed by atoms with Crippen LogP contribution in [0, 0.1) is 0 Å². The molecular formula is C36H36N4O2. The number of hydrogen-bond acceptors (Lipinski definition) is 4. The van der Waals surface area contributed by atoms with Crippen molar-refractivity contribution in [2.24, 2.45) is 0 Å². The number of aryl methyl sites for hydroxylation is 1. The summed E-state index contributed by atoms with van der Waals surface area (Å²) in [5, 5.41) is 9.04. The van der Waals surface area contributed by atoms with Gasteiger partial charge in [-0.3, -0.25) is 0 Å². The maximum absolute atomic E-state index is 11.0. The Kier molecular flexibility index (Phi) is 8.53. The standard InChI is InChI=1S/C36H36N4O2/c1-38(2)31-19-15-28(16-20-31)34-35(29-17-21-32(22-18-29)39(3)4)40(25-24-26-8-6-5-7-9-26)36(37-34)30-13-10-27(11-14-30)12-23-33(41)42/h5-23H,24-25H2,1-4H3,(H,41,42)/b23-12+. The lowest BCUT2D eigenvalue weighted by molar-refractivity contribution is -0.131. The van der Waals surface area contributed by atoms with E-state index in [-0.39, 0.29) is 0 Å². The molecule has 6 nitrogen and oxygen atoms in total. The molecule has 0 spiro atoms. The molecule has 0 radical (unpaired) electrons. The van der Waals surface area contributed by atoms with Gasteiger partial charge < -0.3 is 19.5 Å². The summed E-state index contributed by atoms with van der Waals surface area (Å²) in [6, 6.07) is 35.6. The number of benzene rings is 4. The van der Waals surface area contributed by atoms with Gasteiger partial charge in [-0.05, 0) is 47.9 Å². The highest BCUT2D eigenvalue weighted by Crippen LogP contribution is 2.38. The van der Waals surface area contributed by atoms with Crippen molar-refractivity contribution in [2.75, 3.05) is 38.0 Å². The molecule has 1 heterocycles. The van der Waals surface area contributed by atoms with Crippen molar-refractivity contribution in [1.82, 2.24) is 9.55 Å². The predicted molar refractivity (Wildman–Crippen MR) is 174 cm³/mol. The highest BCUT2D eigenvalue weighted by molar-refractivity contribution is 5.86. The SMILES string of the molecule is CN(C)c1ccc(-c2nc(-c3ccc(/C=C/C(=O)O)cc3)n(CCc3ccccc3)c2-c2ccc(N(C)C)cc2)cc1. The van der Waals surface area contributed by atoms with Gasteiger partial charge in [-0.25, -0.2) is 9.78 Å². The van der Waals surface area contributed by atoms with Crippen LogP contribution in [0.1, 0.15) is 11.1 Å². The first-order chi connectivity index (χ1) is 20.3. The molecule has 1 aromatic heterocycles. The Morgan fingerprint density at radius 1 is 0.738 bits per heavy atom. The van der Waals surface area contributed by atoms with Crippen molar-refractivity contribution >= 4 is 23.4 Å². The summed E-state index contributed by atoms with van der Waals surface area (Å²) in [4.78, 5) is 20.5. The Labute approximate surface area is 247 Å². The van der Waals surface area contributed by atoms with Gasteiger partial charge in [0.25, 0.3) is 0 Å². The maximum atomic E-state index is 11.0. The van der Waals surface area contributed by atoms with Crippen LogP contribution in [-0.4, -0.2) is 48.8 Å². The van der Waals surface area contributed by atoms with Crippen LogP contribution < -0.4 is 9.80 Å². The van der Waals surface area contributed by atoms with E-state index in [2.05, 4.69) is 87.2 Å². The normalized spacial score (nSPS) is 11.1. The summed E-state index contributed by atoms with van der Waals surface area (Å²) in [6.45, 7) is 0.744. The number of anilines is 2. The second-order valence-corrected chi connectivity index (χ2v) is 10.7. The zero-order valence-electron chi connectivity index (χ0n) is 24.5. The summed E-state index contributed by atoms with van der Waals surface area (Å²) in [7, 11) is 8.17. The van der Waals surface area contributed by atoms with Crippen molar-refractivity contribution in [3.63, 3.8) is 0 Å². The summed E-state index contributed by atoms with van der Waals surface area (Å²) < 4.78 is 2.33. The van der Waals surface area contributed by atoms with E-state index in [4.69, 9.17) is 10.1 Å². The second kappa shape index (κ2) is 12.6. The lowest BCUT2D eigenvalue weighted by atomic mass is 10.0. The van der Waals surface area contributed by atoms with Crippen molar-refractivity contribution in [3.8, 4) is 33.9 Å². The first-order valence-electron chi connectivity index (χ1n) is 14.0. The molecule has 0 fully saturated rings. The number of imidazole rings is 1. The van der Waals surface area contributed by atoms with Crippen molar-refractivity contribution in [3.05, 3.63) is 120 Å². The molecule has 0 atom stereocenters. The van der Waals surface area contributed by atoms with E-state index in [1.807, 2.05) is 58.5 Å². The van der Waals surface area contributed by atoms with Gasteiger partial charge >= 0.3 is 5.97 Å². The molecule has 4 aromatic carbocycles. The smallest absolute Gasteiger partial charge is 0.328 e. The number of carboxylic acid groups (broad SMARTS) is 1. The Balaban J connectivity index is 1.69. The van der Waals surface area contributed by atoms with Crippen LogP contribution in [-0.2, 0) is 17.8 Å². The lowest BCUT2D eigenvalue weighted by Crippen LogP contribution is -2.09. The molecule has 5 rings (SSSR count). The number of aliphatic carboxylic acids is 1. The van der Waals surface area contributed by atoms with Gasteiger partial charge in [-0.15, -0.1) is 0 Å². The third-order valence-corrected chi connectivity index (χ3v) is 7.34. The summed E-state index contributed by atoms with van der Waals surface area (Å²) in [6.07, 6.45) is 3.61. The minimum Gasteiger partial charge on any atom is -0.478 e. The highest BCUT2D eigenvalue weighted by Gasteiger charge is 2.21. The average molecular weight is 557 g/mol. The van der Waals surface area contributed by atoms with Gasteiger partial charge in [0.05, 0.1) is 11.4 Å². The second-order valence-electron chi connectivity index (χ2n) is 10.7. The Morgan fingerprint density at radius 3 is 1.83 bits per heavy atom. The molecule has 0 saturated heterocycles. The van der Waals surface area contributed by atoms with Crippen LogP contribution in [0.5, 0.6) is 0 Å². The van der Waals surface area contributed by atoms with Crippen LogP contribution in [0.4, 0.5) is 11.4 Å². The number of carbonyl (C=O) groups is 1. The number of aromatic nitrogens is 2. The van der Waals surface area contributed by atoms with Crippen LogP contribution in [0.15, 0.2) is 109 Å². The van der Waals surface area contributed by atoms with Crippen LogP contribution in [0.3, 0.4) is 0 Å². The quantitative estimate of drug-likeness (QED) is 0.182. The Morgan fingerprint density at radius 2 is 1.29 bits per heavy atom. The number of carboxylic acids is 1. The zero-order chi connectivity index (χ0) is 29.6. The fourth-order valence-electron chi connectivity index (χ4n) is 5.02. The van der Waals surface area contributed by atoms with Gasteiger partial charge in [0.2, 0.25) is 0 Å². The van der Waals surface area contributed by atoms with Gasteiger partial charge in [-0.1, -0.05) is 78.9 Å². The molecular weight excluding hydrogens is 520 g/mol. The van der Waals surface area contributed by atoms with E-state index < -0.39 is 5.97 Å². The van der Waals surface area contributed by atoms with E-state index in [1.54, 1.807) is 6.08 Å². The number of rotatable bonds is 10. The molecule has 6 heteroatoms. The molecule has 0 bridgehead atoms. The fourth-order valence-corrected chi connectivity index (χ4v) is 5.02. The third-order valence-electron chi connectivity index (χ3n) is 7.34. The van der Waals surface area contributed by atoms with E-state index in [0.717, 1.165) is 69.9 Å². The van der Waals surface area contributed by atoms with E-state index in [9.17, 15) is 4.79 Å². The van der Waals surface area contributed by atoms with Crippen molar-refractivity contribution in [2.45, 2.75) is 13.0 Å². The minimum absolute atomic E-state index is 0.744. The van der Waals surface area contributed by atoms with Crippen LogP contribution >= 0.6 is 0 Å². The van der Waals surface area contributed by atoms with Gasteiger partial charge in [0.1, 0.15) is 5.82 Å². The first-order valence-corrected chi connectivity index (χ1v) is 14.0. The molecule has 0 aliphatic carbocycles. The number of nitrogens with zero attached hydrogens (tertiary/aromatic N) is 4. The van der Waals surface area contributed by atoms with Gasteiger partial charge in [0.15, 0.2) is 0 Å². The molecule has 0 saturated carbocycles. The summed E-state index contributed by atoms with van der Waals surface area (Å²) >= 11 is 0. The molecule has 0 aliphatic rings. The highest BCUT2D eigenvalue weighted by atomic mass is 16.4. The molecule has 42 heavy (non-hydrogen) atoms. The third kappa shape index (κ3) is 6.44. The van der Waals surface area contributed by atoms with E-state index in [0.29, 0.717) is 0 Å². The van der Waals surface area contributed by atoms with Crippen LogP contribution in [0.25, 0.3) is 40.0 Å².